The largest absolute Gasteiger partial charge is 0.336 e. The van der Waals surface area contributed by atoms with Gasteiger partial charge in [0.05, 0.1) is 46.5 Å². The number of hydrogen-bond donors (Lipinski definition) is 4. The Morgan fingerprint density at radius 1 is 0.978 bits per heavy atom. The predicted molar refractivity (Wildman–Crippen MR) is 168 cm³/mol. The van der Waals surface area contributed by atoms with Gasteiger partial charge in [-0.05, 0) is 48.7 Å². The van der Waals surface area contributed by atoms with Crippen LogP contribution in [0.5, 0.6) is 0 Å². The van der Waals surface area contributed by atoms with Gasteiger partial charge in [0, 0.05) is 36.0 Å². The number of carbonyl (C=O) groups excluding carboxylic acids is 1. The van der Waals surface area contributed by atoms with Crippen molar-refractivity contribution < 1.29 is 22.0 Å². The highest BCUT2D eigenvalue weighted by Crippen LogP contribution is 2.35. The monoisotopic (exact) mass is 643 g/mol. The first-order valence-electron chi connectivity index (χ1n) is 14.5. The molecule has 1 aromatic carbocycles. The topological polar surface area (TPSA) is 171 Å². The Balaban J connectivity index is 1.25. The standard InChI is InChI=1S/C31H27F2N9O3S/c1-46(44,45)37-12-16-8-18(10-20(32)9-16)27-28-22(6-7-35-27)39-30(40-28)29-24-23(41-42-29)15-36-26(25(24)33)19-11-21(14-34-13-19)38-31(43)17-4-2-3-5-17/h6-11,13-15,17,37H,2-5,12H2,1H3,(H,38,43)(H,39,40)(H,41,42). The number of H-pyrrole nitrogens is 2. The highest BCUT2D eigenvalue weighted by molar-refractivity contribution is 7.88. The van der Waals surface area contributed by atoms with Crippen LogP contribution in [0.25, 0.3) is 56.0 Å². The second-order valence-electron chi connectivity index (χ2n) is 11.3. The van der Waals surface area contributed by atoms with Gasteiger partial charge in [-0.3, -0.25) is 24.8 Å². The molecule has 0 spiro atoms. The fraction of sp³-hybridized carbons (Fsp3) is 0.226. The third-order valence-corrected chi connectivity index (χ3v) is 8.61. The number of nitrogens with zero attached hydrogens (tertiary/aromatic N) is 5. The van der Waals surface area contributed by atoms with Crippen LogP contribution in [0.4, 0.5) is 14.5 Å². The van der Waals surface area contributed by atoms with E-state index in [1.807, 2.05) is 0 Å². The molecule has 0 atom stereocenters. The molecule has 1 aliphatic rings. The lowest BCUT2D eigenvalue weighted by molar-refractivity contribution is -0.119. The van der Waals surface area contributed by atoms with Crippen molar-refractivity contribution in [2.24, 2.45) is 5.92 Å². The van der Waals surface area contributed by atoms with E-state index in [1.54, 1.807) is 18.2 Å². The molecule has 0 radical (unpaired) electrons. The fourth-order valence-corrected chi connectivity index (χ4v) is 6.21. The number of amides is 1. The highest BCUT2D eigenvalue weighted by Gasteiger charge is 2.24. The van der Waals surface area contributed by atoms with Gasteiger partial charge in [-0.15, -0.1) is 0 Å². The van der Waals surface area contributed by atoms with Crippen LogP contribution in [0.1, 0.15) is 31.2 Å². The second-order valence-corrected chi connectivity index (χ2v) is 13.1. The summed E-state index contributed by atoms with van der Waals surface area (Å²) in [5.74, 6) is -1.11. The number of fused-ring (bicyclic) bond motifs is 2. The molecule has 1 fully saturated rings. The van der Waals surface area contributed by atoms with Gasteiger partial charge in [-0.25, -0.2) is 26.9 Å². The summed E-state index contributed by atoms with van der Waals surface area (Å²) < 4.78 is 56.3. The molecule has 5 heterocycles. The van der Waals surface area contributed by atoms with Crippen LogP contribution in [-0.2, 0) is 21.4 Å². The van der Waals surface area contributed by atoms with E-state index in [1.165, 1.54) is 36.9 Å². The van der Waals surface area contributed by atoms with E-state index in [0.29, 0.717) is 44.6 Å². The molecule has 234 valence electrons. The Hall–Kier alpha value is -5.15. The number of rotatable bonds is 8. The van der Waals surface area contributed by atoms with Crippen LogP contribution in [0.3, 0.4) is 0 Å². The Bertz CT molecular complexity index is 2250. The first kappa shape index (κ1) is 29.6. The van der Waals surface area contributed by atoms with Gasteiger partial charge >= 0.3 is 0 Å². The molecule has 0 saturated heterocycles. The number of anilines is 1. The van der Waals surface area contributed by atoms with Crippen molar-refractivity contribution in [3.63, 3.8) is 0 Å². The van der Waals surface area contributed by atoms with Gasteiger partial charge in [0.15, 0.2) is 11.6 Å². The quantitative estimate of drug-likeness (QED) is 0.178. The van der Waals surface area contributed by atoms with Gasteiger partial charge in [0.2, 0.25) is 15.9 Å². The van der Waals surface area contributed by atoms with Crippen LogP contribution in [-0.4, -0.2) is 55.7 Å². The van der Waals surface area contributed by atoms with E-state index in [4.69, 9.17) is 0 Å². The number of pyridine rings is 3. The SMILES string of the molecule is CS(=O)(=O)NCc1cc(F)cc(-c2nccc3[nH]c(-c4n[nH]c5cnc(-c6cncc(NC(=O)C7CCCC7)c6)c(F)c45)nc23)c1. The normalized spacial score (nSPS) is 14.0. The molecule has 1 amide bonds. The maximum absolute atomic E-state index is 16.2. The predicted octanol–water partition coefficient (Wildman–Crippen LogP) is 5.08. The number of halogens is 2. The molecule has 7 rings (SSSR count). The van der Waals surface area contributed by atoms with E-state index in [-0.39, 0.29) is 41.0 Å². The minimum absolute atomic E-state index is 0.0214. The number of imidazole rings is 1. The number of aromatic amines is 2. The van der Waals surface area contributed by atoms with Crippen LogP contribution < -0.4 is 10.0 Å². The smallest absolute Gasteiger partial charge is 0.227 e. The first-order valence-corrected chi connectivity index (χ1v) is 16.4. The highest BCUT2D eigenvalue weighted by atomic mass is 32.2. The van der Waals surface area contributed by atoms with Gasteiger partial charge in [0.25, 0.3) is 0 Å². The number of hydrogen-bond acceptors (Lipinski definition) is 8. The summed E-state index contributed by atoms with van der Waals surface area (Å²) in [6, 6.07) is 7.44. The lowest BCUT2D eigenvalue weighted by Gasteiger charge is -2.11. The zero-order chi connectivity index (χ0) is 32.0. The van der Waals surface area contributed by atoms with Crippen molar-refractivity contribution in [2.75, 3.05) is 11.6 Å². The van der Waals surface area contributed by atoms with Crippen LogP contribution >= 0.6 is 0 Å². The maximum Gasteiger partial charge on any atom is 0.227 e. The summed E-state index contributed by atoms with van der Waals surface area (Å²) in [5, 5.41) is 10.1. The lowest BCUT2D eigenvalue weighted by Crippen LogP contribution is -2.21. The summed E-state index contributed by atoms with van der Waals surface area (Å²) in [6.07, 6.45) is 10.7. The third-order valence-electron chi connectivity index (χ3n) is 7.94. The van der Waals surface area contributed by atoms with Gasteiger partial charge in [-0.2, -0.15) is 5.10 Å². The third kappa shape index (κ3) is 5.81. The average molecular weight is 644 g/mol. The minimum Gasteiger partial charge on any atom is -0.336 e. The summed E-state index contributed by atoms with van der Waals surface area (Å²) in [7, 11) is -3.49. The molecule has 5 aromatic heterocycles. The molecule has 12 nitrogen and oxygen atoms in total. The molecular formula is C31H27F2N9O3S. The molecule has 4 N–H and O–H groups in total. The van der Waals surface area contributed by atoms with Gasteiger partial charge < -0.3 is 10.3 Å². The molecule has 46 heavy (non-hydrogen) atoms. The van der Waals surface area contributed by atoms with Crippen LogP contribution in [0, 0.1) is 17.6 Å². The van der Waals surface area contributed by atoms with E-state index in [9.17, 15) is 17.6 Å². The Labute approximate surface area is 261 Å². The summed E-state index contributed by atoms with van der Waals surface area (Å²) in [6.45, 7) is -0.106. The summed E-state index contributed by atoms with van der Waals surface area (Å²) >= 11 is 0. The molecule has 0 aliphatic heterocycles. The number of nitrogens with one attached hydrogen (secondary N) is 4. The van der Waals surface area contributed by atoms with Crippen molar-refractivity contribution in [3.05, 3.63) is 72.3 Å². The summed E-state index contributed by atoms with van der Waals surface area (Å²) in [4.78, 5) is 33.4. The summed E-state index contributed by atoms with van der Waals surface area (Å²) in [5.41, 5.74) is 3.41. The Morgan fingerprint density at radius 2 is 1.80 bits per heavy atom. The fourth-order valence-electron chi connectivity index (χ4n) is 5.78. The molecule has 1 aliphatic carbocycles. The minimum atomic E-state index is -3.49. The number of benzene rings is 1. The van der Waals surface area contributed by atoms with Crippen LogP contribution in [0.2, 0.25) is 0 Å². The molecule has 1 saturated carbocycles. The number of carbonyl (C=O) groups is 1. The van der Waals surface area contributed by atoms with Crippen molar-refractivity contribution in [2.45, 2.75) is 32.2 Å². The van der Waals surface area contributed by atoms with Gasteiger partial charge in [0.1, 0.15) is 22.7 Å². The van der Waals surface area contributed by atoms with Crippen molar-refractivity contribution in [3.8, 4) is 34.0 Å². The zero-order valence-electron chi connectivity index (χ0n) is 24.4. The van der Waals surface area contributed by atoms with Crippen molar-refractivity contribution in [1.29, 1.82) is 0 Å². The van der Waals surface area contributed by atoms with Crippen molar-refractivity contribution >= 4 is 43.6 Å². The Morgan fingerprint density at radius 3 is 2.61 bits per heavy atom. The van der Waals surface area contributed by atoms with E-state index in [0.717, 1.165) is 31.9 Å². The maximum atomic E-state index is 16.2. The number of sulfonamides is 1. The second kappa shape index (κ2) is 11.7. The Kier molecular flexibility index (Phi) is 7.49. The van der Waals surface area contributed by atoms with E-state index < -0.39 is 21.7 Å². The average Bonchev–Trinajstić information content (AvgIpc) is 3.80. The number of aromatic nitrogens is 7. The molecule has 6 aromatic rings. The molecular weight excluding hydrogens is 616 g/mol. The van der Waals surface area contributed by atoms with E-state index in [2.05, 4.69) is 45.2 Å². The lowest BCUT2D eigenvalue weighted by atomic mass is 10.1. The molecule has 15 heteroatoms. The molecule has 0 bridgehead atoms. The first-order chi connectivity index (χ1) is 22.1. The zero-order valence-corrected chi connectivity index (χ0v) is 25.3. The van der Waals surface area contributed by atoms with E-state index >= 15 is 4.39 Å². The van der Waals surface area contributed by atoms with Crippen molar-refractivity contribution in [1.82, 2.24) is 39.8 Å². The molecule has 0 unspecified atom stereocenters. The van der Waals surface area contributed by atoms with Crippen LogP contribution in [0.15, 0.2) is 55.1 Å². The van der Waals surface area contributed by atoms with Gasteiger partial charge in [-0.1, -0.05) is 12.8 Å².